The van der Waals surface area contributed by atoms with E-state index in [0.29, 0.717) is 28.6 Å². The van der Waals surface area contributed by atoms with Crippen molar-refractivity contribution < 1.29 is 18.6 Å². The number of aromatic nitrogens is 4. The lowest BCUT2D eigenvalue weighted by molar-refractivity contribution is 0.0961. The highest BCUT2D eigenvalue weighted by atomic mass is 32.2. The number of sulfonamides is 1. The van der Waals surface area contributed by atoms with Crippen LogP contribution < -0.4 is 14.7 Å². The SMILES string of the molecule is CC(O)N(C)c1nc(N2CCCCC2)c2nc(S(=O)(=O)N(C)C(C)O)nc(N3CCCCC3)c2n1. The van der Waals surface area contributed by atoms with Crippen LogP contribution in [0, 0.1) is 0 Å². The molecule has 2 N–H and O–H groups in total. The van der Waals surface area contributed by atoms with Crippen molar-refractivity contribution in [2.75, 3.05) is 55.0 Å². The van der Waals surface area contributed by atoms with E-state index in [4.69, 9.17) is 9.97 Å². The molecule has 13 heteroatoms. The molecule has 2 aromatic heterocycles. The molecule has 4 heterocycles. The molecule has 2 unspecified atom stereocenters. The largest absolute Gasteiger partial charge is 0.378 e. The fourth-order valence-electron chi connectivity index (χ4n) is 4.38. The quantitative estimate of drug-likeness (QED) is 0.411. The van der Waals surface area contributed by atoms with Crippen molar-refractivity contribution >= 4 is 38.6 Å². The summed E-state index contributed by atoms with van der Waals surface area (Å²) in [5.74, 6) is 1.30. The van der Waals surface area contributed by atoms with E-state index >= 15 is 0 Å². The number of nitrogens with zero attached hydrogens (tertiary/aromatic N) is 8. The summed E-state index contributed by atoms with van der Waals surface area (Å²) in [5, 5.41) is 19.8. The fourth-order valence-corrected chi connectivity index (χ4v) is 5.44. The van der Waals surface area contributed by atoms with Crippen LogP contribution in [0.4, 0.5) is 17.6 Å². The maximum atomic E-state index is 13.3. The monoisotopic (exact) mass is 508 g/mol. The van der Waals surface area contributed by atoms with E-state index in [1.807, 2.05) is 4.90 Å². The molecule has 0 aliphatic carbocycles. The summed E-state index contributed by atoms with van der Waals surface area (Å²) in [6.45, 7) is 6.00. The van der Waals surface area contributed by atoms with E-state index in [9.17, 15) is 18.6 Å². The first kappa shape index (κ1) is 25.7. The zero-order valence-electron chi connectivity index (χ0n) is 20.9. The van der Waals surface area contributed by atoms with Crippen LogP contribution in [0.5, 0.6) is 0 Å². The Kier molecular flexibility index (Phi) is 7.60. The van der Waals surface area contributed by atoms with Gasteiger partial charge in [0.25, 0.3) is 15.2 Å². The summed E-state index contributed by atoms with van der Waals surface area (Å²) >= 11 is 0. The molecule has 4 rings (SSSR count). The molecule has 0 radical (unpaired) electrons. The summed E-state index contributed by atoms with van der Waals surface area (Å²) in [5.41, 5.74) is 0.825. The Labute approximate surface area is 206 Å². The molecule has 0 spiro atoms. The Morgan fingerprint density at radius 2 is 1.23 bits per heavy atom. The smallest absolute Gasteiger partial charge is 0.280 e. The van der Waals surface area contributed by atoms with Crippen LogP contribution in [0.2, 0.25) is 0 Å². The highest BCUT2D eigenvalue weighted by molar-refractivity contribution is 7.88. The van der Waals surface area contributed by atoms with Gasteiger partial charge in [-0.15, -0.1) is 0 Å². The number of aliphatic hydroxyl groups excluding tert-OH is 2. The van der Waals surface area contributed by atoms with Gasteiger partial charge in [0.2, 0.25) is 5.95 Å². The van der Waals surface area contributed by atoms with Gasteiger partial charge in [-0.05, 0) is 52.4 Å². The van der Waals surface area contributed by atoms with Gasteiger partial charge >= 0.3 is 0 Å². The minimum atomic E-state index is -4.17. The predicted octanol–water partition coefficient (Wildman–Crippen LogP) is 1.13. The Hall–Kier alpha value is -2.35. The number of piperidine rings is 2. The molecule has 2 aromatic rings. The molecule has 0 bridgehead atoms. The molecule has 0 saturated carbocycles. The number of rotatable bonds is 7. The zero-order valence-corrected chi connectivity index (χ0v) is 21.7. The average Bonchev–Trinajstić information content (AvgIpc) is 2.87. The fraction of sp³-hybridized carbons (Fsp3) is 0.727. The zero-order chi connectivity index (χ0) is 25.3. The summed E-state index contributed by atoms with van der Waals surface area (Å²) in [6.07, 6.45) is 4.07. The Bertz CT molecular complexity index is 1150. The van der Waals surface area contributed by atoms with Gasteiger partial charge in [0.05, 0.1) is 0 Å². The molecule has 2 saturated heterocycles. The van der Waals surface area contributed by atoms with Crippen molar-refractivity contribution in [1.29, 1.82) is 0 Å². The van der Waals surface area contributed by atoms with E-state index in [1.165, 1.54) is 14.0 Å². The lowest BCUT2D eigenvalue weighted by Crippen LogP contribution is -2.37. The van der Waals surface area contributed by atoms with E-state index in [-0.39, 0.29) is 5.16 Å². The van der Waals surface area contributed by atoms with Gasteiger partial charge in [0, 0.05) is 40.3 Å². The maximum absolute atomic E-state index is 13.3. The average molecular weight is 509 g/mol. The first-order chi connectivity index (χ1) is 16.6. The molecule has 12 nitrogen and oxygen atoms in total. The van der Waals surface area contributed by atoms with E-state index < -0.39 is 22.5 Å². The topological polar surface area (TPSA) is 139 Å². The number of anilines is 3. The van der Waals surface area contributed by atoms with Gasteiger partial charge in [-0.2, -0.15) is 14.3 Å². The number of hydrogen-bond donors (Lipinski definition) is 2. The lowest BCUT2D eigenvalue weighted by atomic mass is 10.1. The van der Waals surface area contributed by atoms with Crippen LogP contribution in [0.15, 0.2) is 5.16 Å². The summed E-state index contributed by atoms with van der Waals surface area (Å²) in [4.78, 5) is 24.2. The summed E-state index contributed by atoms with van der Waals surface area (Å²) in [7, 11) is -1.15. The number of fused-ring (bicyclic) bond motifs is 1. The normalized spacial score (nSPS) is 19.3. The molecule has 0 aromatic carbocycles. The molecule has 0 amide bonds. The molecule has 194 valence electrons. The third-order valence-corrected chi connectivity index (χ3v) is 8.51. The molecular weight excluding hydrogens is 472 g/mol. The standard InChI is InChI=1S/C22H36N8O4S/c1-15(31)27(3)21-23-17-18(19(25-21)29-11-7-5-8-12-29)24-22(35(33,34)28(4)16(2)32)26-20(17)30-13-9-6-10-14-30/h15-16,31-32H,5-14H2,1-4H3. The van der Waals surface area contributed by atoms with Crippen LogP contribution in [0.1, 0.15) is 52.4 Å². The molecular formula is C22H36N8O4S. The van der Waals surface area contributed by atoms with Crippen LogP contribution in [0.3, 0.4) is 0 Å². The van der Waals surface area contributed by atoms with E-state index in [1.54, 1.807) is 18.9 Å². The van der Waals surface area contributed by atoms with Gasteiger partial charge in [0.1, 0.15) is 23.5 Å². The predicted molar refractivity (Wildman–Crippen MR) is 134 cm³/mol. The van der Waals surface area contributed by atoms with Crippen molar-refractivity contribution in [3.8, 4) is 0 Å². The third-order valence-electron chi connectivity index (χ3n) is 6.80. The number of hydrogen-bond acceptors (Lipinski definition) is 11. The van der Waals surface area contributed by atoms with Gasteiger partial charge in [-0.1, -0.05) is 0 Å². The van der Waals surface area contributed by atoms with E-state index in [0.717, 1.165) is 69.0 Å². The van der Waals surface area contributed by atoms with Gasteiger partial charge in [-0.3, -0.25) is 0 Å². The Morgan fingerprint density at radius 1 is 0.743 bits per heavy atom. The summed E-state index contributed by atoms with van der Waals surface area (Å²) < 4.78 is 27.5. The van der Waals surface area contributed by atoms with Crippen LogP contribution in [-0.2, 0) is 10.0 Å². The highest BCUT2D eigenvalue weighted by Crippen LogP contribution is 2.34. The number of aliphatic hydroxyl groups is 2. The molecule has 2 atom stereocenters. The van der Waals surface area contributed by atoms with Crippen molar-refractivity contribution in [2.45, 2.75) is 70.0 Å². The van der Waals surface area contributed by atoms with E-state index in [2.05, 4.69) is 14.9 Å². The second kappa shape index (κ2) is 10.3. The Morgan fingerprint density at radius 3 is 1.71 bits per heavy atom. The minimum Gasteiger partial charge on any atom is -0.378 e. The Balaban J connectivity index is 2.01. The molecule has 2 fully saturated rings. The molecule has 2 aliphatic rings. The van der Waals surface area contributed by atoms with Gasteiger partial charge < -0.3 is 24.9 Å². The van der Waals surface area contributed by atoms with Gasteiger partial charge in [0.15, 0.2) is 11.6 Å². The third kappa shape index (κ3) is 5.13. The van der Waals surface area contributed by atoms with Crippen LogP contribution in [-0.4, -0.2) is 95.6 Å². The first-order valence-corrected chi connectivity index (χ1v) is 13.7. The second-order valence-corrected chi connectivity index (χ2v) is 11.3. The van der Waals surface area contributed by atoms with Gasteiger partial charge in [-0.25, -0.2) is 18.4 Å². The van der Waals surface area contributed by atoms with Crippen LogP contribution in [0.25, 0.3) is 11.0 Å². The second-order valence-electron chi connectivity index (χ2n) is 9.37. The minimum absolute atomic E-state index is 0.326. The van der Waals surface area contributed by atoms with Crippen molar-refractivity contribution in [3.05, 3.63) is 0 Å². The highest BCUT2D eigenvalue weighted by Gasteiger charge is 2.32. The van der Waals surface area contributed by atoms with Crippen molar-refractivity contribution in [1.82, 2.24) is 24.2 Å². The van der Waals surface area contributed by atoms with Crippen molar-refractivity contribution in [2.24, 2.45) is 0 Å². The lowest BCUT2D eigenvalue weighted by Gasteiger charge is -2.32. The maximum Gasteiger partial charge on any atom is 0.280 e. The first-order valence-electron chi connectivity index (χ1n) is 12.3. The van der Waals surface area contributed by atoms with Crippen LogP contribution >= 0.6 is 0 Å². The summed E-state index contributed by atoms with van der Waals surface area (Å²) in [6, 6.07) is 0. The van der Waals surface area contributed by atoms with Crippen molar-refractivity contribution in [3.63, 3.8) is 0 Å². The molecule has 2 aliphatic heterocycles. The molecule has 35 heavy (non-hydrogen) atoms.